The number of aromatic nitrogens is 4. The first kappa shape index (κ1) is 25.2. The molecule has 0 N–H and O–H groups in total. The Morgan fingerprint density at radius 1 is 0.971 bits per heavy atom. The van der Waals surface area contributed by atoms with Crippen LogP contribution in [0.3, 0.4) is 0 Å². The van der Waals surface area contributed by atoms with Crippen LogP contribution in [0.4, 0.5) is 26.3 Å². The fourth-order valence-electron chi connectivity index (χ4n) is 4.10. The second-order valence-corrected chi connectivity index (χ2v) is 8.90. The van der Waals surface area contributed by atoms with Crippen LogP contribution < -0.4 is 0 Å². The average molecular weight is 533 g/mol. The summed E-state index contributed by atoms with van der Waals surface area (Å²) in [5.41, 5.74) is -1.19. The minimum absolute atomic E-state index is 0.186. The molecule has 184 valence electrons. The van der Waals surface area contributed by atoms with Gasteiger partial charge in [0.2, 0.25) is 0 Å². The fraction of sp³-hybridized carbons (Fsp3) is 0.261. The van der Waals surface area contributed by atoms with Gasteiger partial charge in [-0.2, -0.15) is 26.3 Å². The average Bonchev–Trinajstić information content (AvgIpc) is 3.21. The second kappa shape index (κ2) is 8.67. The number of hydrogen-bond donors (Lipinski definition) is 0. The SMILES string of the molecule is Cn1cncc1C(C)(c1ccnc(C(F)(F)F)c1)c1ccc2nc(Cl)c(CC(F)(F)F)c(Cl)c2c1. The van der Waals surface area contributed by atoms with Crippen LogP contribution >= 0.6 is 23.2 Å². The van der Waals surface area contributed by atoms with Crippen LogP contribution in [0, 0.1) is 0 Å². The summed E-state index contributed by atoms with van der Waals surface area (Å²) >= 11 is 12.3. The lowest BCUT2D eigenvalue weighted by molar-refractivity contribution is -0.141. The summed E-state index contributed by atoms with van der Waals surface area (Å²) in [6.45, 7) is 1.69. The Kier molecular flexibility index (Phi) is 6.25. The number of alkyl halides is 6. The van der Waals surface area contributed by atoms with Gasteiger partial charge in [-0.05, 0) is 42.3 Å². The van der Waals surface area contributed by atoms with E-state index >= 15 is 0 Å². The first-order valence-corrected chi connectivity index (χ1v) is 10.8. The minimum atomic E-state index is -4.68. The van der Waals surface area contributed by atoms with Crippen molar-refractivity contribution in [3.8, 4) is 0 Å². The van der Waals surface area contributed by atoms with Gasteiger partial charge in [-0.25, -0.2) is 9.97 Å². The molecule has 0 saturated heterocycles. The summed E-state index contributed by atoms with van der Waals surface area (Å²) in [5, 5.41) is -0.408. The van der Waals surface area contributed by atoms with E-state index in [2.05, 4.69) is 15.0 Å². The highest BCUT2D eigenvalue weighted by atomic mass is 35.5. The number of fused-ring (bicyclic) bond motifs is 1. The van der Waals surface area contributed by atoms with Crippen molar-refractivity contribution in [3.63, 3.8) is 0 Å². The molecule has 0 radical (unpaired) electrons. The zero-order chi connectivity index (χ0) is 25.8. The number of nitrogens with zero attached hydrogens (tertiary/aromatic N) is 4. The molecular formula is C23H16Cl2F6N4. The number of pyridine rings is 2. The third-order valence-electron chi connectivity index (χ3n) is 5.88. The van der Waals surface area contributed by atoms with Crippen LogP contribution in [-0.2, 0) is 25.1 Å². The van der Waals surface area contributed by atoms with E-state index < -0.39 is 29.9 Å². The molecule has 4 rings (SSSR count). The molecule has 4 aromatic rings. The molecule has 0 aliphatic rings. The summed E-state index contributed by atoms with van der Waals surface area (Å²) in [5.74, 6) is 0. The van der Waals surface area contributed by atoms with E-state index in [1.807, 2.05) is 0 Å². The smallest absolute Gasteiger partial charge is 0.337 e. The Hall–Kier alpha value is -2.85. The third kappa shape index (κ3) is 4.69. The molecule has 0 bridgehead atoms. The van der Waals surface area contributed by atoms with Crippen LogP contribution in [0.2, 0.25) is 10.2 Å². The molecule has 0 aliphatic carbocycles. The maximum atomic E-state index is 13.4. The van der Waals surface area contributed by atoms with Crippen molar-refractivity contribution in [2.75, 3.05) is 0 Å². The topological polar surface area (TPSA) is 43.6 Å². The van der Waals surface area contributed by atoms with Crippen molar-refractivity contribution in [1.29, 1.82) is 0 Å². The van der Waals surface area contributed by atoms with E-state index in [0.29, 0.717) is 11.3 Å². The van der Waals surface area contributed by atoms with Crippen molar-refractivity contribution in [1.82, 2.24) is 19.5 Å². The molecule has 1 atom stereocenters. The molecular weight excluding hydrogens is 517 g/mol. The number of benzene rings is 1. The van der Waals surface area contributed by atoms with Crippen molar-refractivity contribution >= 4 is 34.1 Å². The van der Waals surface area contributed by atoms with E-state index in [-0.39, 0.29) is 32.2 Å². The molecule has 0 aliphatic heterocycles. The Balaban J connectivity index is 2.00. The van der Waals surface area contributed by atoms with Crippen LogP contribution in [0.15, 0.2) is 49.1 Å². The lowest BCUT2D eigenvalue weighted by atomic mass is 9.73. The van der Waals surface area contributed by atoms with Gasteiger partial charge < -0.3 is 4.57 Å². The van der Waals surface area contributed by atoms with Gasteiger partial charge in [-0.1, -0.05) is 29.3 Å². The van der Waals surface area contributed by atoms with Crippen molar-refractivity contribution < 1.29 is 26.3 Å². The Morgan fingerprint density at radius 3 is 2.26 bits per heavy atom. The van der Waals surface area contributed by atoms with Crippen LogP contribution in [0.5, 0.6) is 0 Å². The molecule has 1 unspecified atom stereocenters. The second-order valence-electron chi connectivity index (χ2n) is 8.16. The van der Waals surface area contributed by atoms with E-state index in [9.17, 15) is 26.3 Å². The van der Waals surface area contributed by atoms with Gasteiger partial charge in [0, 0.05) is 30.4 Å². The number of imidazole rings is 1. The molecule has 1 aromatic carbocycles. The highest BCUT2D eigenvalue weighted by Crippen LogP contribution is 2.43. The fourth-order valence-corrected chi connectivity index (χ4v) is 4.70. The maximum absolute atomic E-state index is 13.4. The molecule has 0 fully saturated rings. The lowest BCUT2D eigenvalue weighted by Gasteiger charge is -2.32. The number of aryl methyl sites for hydroxylation is 1. The molecule has 3 heterocycles. The molecule has 0 saturated carbocycles. The van der Waals surface area contributed by atoms with Crippen LogP contribution in [0.25, 0.3) is 10.9 Å². The van der Waals surface area contributed by atoms with E-state index in [0.717, 1.165) is 12.3 Å². The quantitative estimate of drug-likeness (QED) is 0.207. The van der Waals surface area contributed by atoms with Gasteiger partial charge in [0.1, 0.15) is 10.8 Å². The molecule has 35 heavy (non-hydrogen) atoms. The zero-order valence-corrected chi connectivity index (χ0v) is 19.7. The molecule has 0 amide bonds. The van der Waals surface area contributed by atoms with E-state index in [1.54, 1.807) is 24.6 Å². The Morgan fingerprint density at radius 2 is 1.66 bits per heavy atom. The van der Waals surface area contributed by atoms with Gasteiger partial charge in [0.05, 0.1) is 34.4 Å². The normalized spacial score (nSPS) is 14.3. The van der Waals surface area contributed by atoms with Gasteiger partial charge >= 0.3 is 12.4 Å². The van der Waals surface area contributed by atoms with Crippen molar-refractivity contribution in [3.05, 3.63) is 87.3 Å². The summed E-state index contributed by atoms with van der Waals surface area (Å²) in [6, 6.07) is 7.03. The standard InChI is InChI=1S/C23H16Cl2F6N4/c1-21(18-10-32-11-35(18)2,13-5-6-33-17(8-13)23(29,30)31)12-3-4-16-14(7-12)19(24)15(20(25)34-16)9-22(26,27)28/h3-8,10-11H,9H2,1-2H3. The predicted molar refractivity (Wildman–Crippen MR) is 120 cm³/mol. The molecule has 3 aromatic heterocycles. The highest BCUT2D eigenvalue weighted by molar-refractivity contribution is 6.39. The summed E-state index contributed by atoms with van der Waals surface area (Å²) in [7, 11) is 1.68. The predicted octanol–water partition coefficient (Wildman–Crippen LogP) is 7.15. The maximum Gasteiger partial charge on any atom is 0.433 e. The highest BCUT2D eigenvalue weighted by Gasteiger charge is 2.38. The lowest BCUT2D eigenvalue weighted by Crippen LogP contribution is -2.28. The van der Waals surface area contributed by atoms with E-state index in [4.69, 9.17) is 23.2 Å². The van der Waals surface area contributed by atoms with Crippen LogP contribution in [0.1, 0.15) is 35.0 Å². The summed E-state index contributed by atoms with van der Waals surface area (Å²) < 4.78 is 81.3. The number of hydrogen-bond acceptors (Lipinski definition) is 3. The number of rotatable bonds is 4. The molecule has 12 heteroatoms. The number of halogens is 8. The largest absolute Gasteiger partial charge is 0.433 e. The van der Waals surface area contributed by atoms with Crippen LogP contribution in [-0.4, -0.2) is 25.7 Å². The van der Waals surface area contributed by atoms with Crippen molar-refractivity contribution in [2.45, 2.75) is 31.1 Å². The van der Waals surface area contributed by atoms with E-state index in [1.165, 1.54) is 30.7 Å². The first-order valence-electron chi connectivity index (χ1n) is 10.1. The molecule has 0 spiro atoms. The zero-order valence-electron chi connectivity index (χ0n) is 18.1. The summed E-state index contributed by atoms with van der Waals surface area (Å²) in [4.78, 5) is 11.6. The minimum Gasteiger partial charge on any atom is -0.337 e. The van der Waals surface area contributed by atoms with Gasteiger partial charge in [0.25, 0.3) is 0 Å². The van der Waals surface area contributed by atoms with Crippen molar-refractivity contribution in [2.24, 2.45) is 7.05 Å². The van der Waals surface area contributed by atoms with Gasteiger partial charge in [-0.3, -0.25) is 4.98 Å². The third-order valence-corrected chi connectivity index (χ3v) is 6.62. The first-order chi connectivity index (χ1) is 16.2. The van der Waals surface area contributed by atoms with Gasteiger partial charge in [0.15, 0.2) is 0 Å². The Labute approximate surface area is 205 Å². The van der Waals surface area contributed by atoms with Gasteiger partial charge in [-0.15, -0.1) is 0 Å². The monoisotopic (exact) mass is 532 g/mol. The summed E-state index contributed by atoms with van der Waals surface area (Å²) in [6.07, 6.45) is -6.57. The molecule has 4 nitrogen and oxygen atoms in total. The Bertz CT molecular complexity index is 1410.